The summed E-state index contributed by atoms with van der Waals surface area (Å²) in [5, 5.41) is 0.374. The highest BCUT2D eigenvalue weighted by atomic mass is 32.2. The Hall–Kier alpha value is 0.480. The lowest BCUT2D eigenvalue weighted by Gasteiger charge is -2.07. The fourth-order valence-electron chi connectivity index (χ4n) is 0.432. The van der Waals surface area contributed by atoms with Crippen LogP contribution in [0.1, 0.15) is 6.92 Å². The Bertz CT molecular complexity index is 159. The summed E-state index contributed by atoms with van der Waals surface area (Å²) in [7, 11) is 0. The summed E-state index contributed by atoms with van der Waals surface area (Å²) in [6, 6.07) is 0. The topological polar surface area (TPSA) is 52.0 Å². The highest BCUT2D eigenvalue weighted by Crippen LogP contribution is 2.15. The van der Waals surface area contributed by atoms with Gasteiger partial charge < -0.3 is 11.5 Å². The minimum Gasteiger partial charge on any atom is -0.385 e. The van der Waals surface area contributed by atoms with Gasteiger partial charge in [-0.1, -0.05) is 54.9 Å². The summed E-state index contributed by atoms with van der Waals surface area (Å²) in [6.45, 7) is 2.04. The van der Waals surface area contributed by atoms with Gasteiger partial charge in [0.1, 0.15) is 8.64 Å². The summed E-state index contributed by atoms with van der Waals surface area (Å²) >= 11 is 12.3. The molecule has 6 heteroatoms. The zero-order chi connectivity index (χ0) is 8.85. The van der Waals surface area contributed by atoms with Gasteiger partial charge in [0.2, 0.25) is 0 Å². The molecule has 64 valence electrons. The maximum atomic E-state index is 5.32. The third kappa shape index (κ3) is 8.39. The molecule has 0 aromatic carbocycles. The van der Waals surface area contributed by atoms with Crippen molar-refractivity contribution in [1.29, 1.82) is 0 Å². The van der Waals surface area contributed by atoms with E-state index in [0.717, 1.165) is 5.75 Å². The summed E-state index contributed by atoms with van der Waals surface area (Å²) in [5.41, 5.74) is 10.6. The fourth-order valence-corrected chi connectivity index (χ4v) is 2.40. The van der Waals surface area contributed by atoms with Crippen molar-refractivity contribution in [3.63, 3.8) is 0 Å². The first-order valence-corrected chi connectivity index (χ1v) is 5.59. The first-order chi connectivity index (χ1) is 5.02. The number of rotatable bonds is 3. The number of thioether (sulfide) groups is 2. The lowest BCUT2D eigenvalue weighted by atomic mass is 10.6. The molecule has 4 N–H and O–H groups in total. The van der Waals surface area contributed by atoms with Crippen molar-refractivity contribution in [2.24, 2.45) is 11.5 Å². The van der Waals surface area contributed by atoms with Crippen molar-refractivity contribution in [2.75, 3.05) is 5.75 Å². The molecule has 2 nitrogen and oxygen atoms in total. The lowest BCUT2D eigenvalue weighted by Crippen LogP contribution is -2.13. The molecule has 1 unspecified atom stereocenters. The molecule has 1 atom stereocenters. The van der Waals surface area contributed by atoms with E-state index in [9.17, 15) is 0 Å². The zero-order valence-electron chi connectivity index (χ0n) is 6.07. The van der Waals surface area contributed by atoms with E-state index in [1.54, 1.807) is 0 Å². The quantitative estimate of drug-likeness (QED) is 0.708. The molecule has 0 rings (SSSR count). The van der Waals surface area contributed by atoms with Crippen molar-refractivity contribution in [2.45, 2.75) is 12.2 Å². The van der Waals surface area contributed by atoms with Crippen LogP contribution in [0.25, 0.3) is 0 Å². The molecule has 0 aromatic rings. The van der Waals surface area contributed by atoms with Crippen LogP contribution >= 0.6 is 48.0 Å². The fraction of sp³-hybridized carbons (Fsp3) is 0.600. The molecule has 0 aliphatic rings. The standard InChI is InChI=1S/C5H10N2S4/c1-3(11-5(7)9)2-10-4(6)8/h3H,2H2,1H3,(H2,6,8)(H2,7,9). The van der Waals surface area contributed by atoms with E-state index in [1.807, 2.05) is 6.92 Å². The maximum absolute atomic E-state index is 5.32. The van der Waals surface area contributed by atoms with Gasteiger partial charge in [-0.15, -0.1) is 0 Å². The second kappa shape index (κ2) is 6.05. The second-order valence-electron chi connectivity index (χ2n) is 1.88. The average Bonchev–Trinajstić information content (AvgIpc) is 1.82. The van der Waals surface area contributed by atoms with Gasteiger partial charge >= 0.3 is 0 Å². The molecule has 0 radical (unpaired) electrons. The third-order valence-corrected chi connectivity index (χ3v) is 3.38. The predicted molar refractivity (Wildman–Crippen MR) is 63.1 cm³/mol. The summed E-state index contributed by atoms with van der Waals surface area (Å²) < 4.78 is 0.946. The lowest BCUT2D eigenvalue weighted by molar-refractivity contribution is 1.14. The van der Waals surface area contributed by atoms with Crippen molar-refractivity contribution < 1.29 is 0 Å². The number of hydrogen-bond donors (Lipinski definition) is 2. The van der Waals surface area contributed by atoms with Gasteiger partial charge in [0, 0.05) is 11.0 Å². The Labute approximate surface area is 85.8 Å². The third-order valence-electron chi connectivity index (χ3n) is 0.778. The zero-order valence-corrected chi connectivity index (χ0v) is 9.34. The number of thiocarbonyl (C=S) groups is 2. The van der Waals surface area contributed by atoms with Crippen LogP contribution in [0.5, 0.6) is 0 Å². The van der Waals surface area contributed by atoms with E-state index in [4.69, 9.17) is 35.9 Å². The highest BCUT2D eigenvalue weighted by molar-refractivity contribution is 8.25. The normalized spacial score (nSPS) is 12.5. The van der Waals surface area contributed by atoms with Crippen LogP contribution in [0.3, 0.4) is 0 Å². The molecule has 0 amide bonds. The van der Waals surface area contributed by atoms with E-state index >= 15 is 0 Å². The molecule has 0 fully saturated rings. The van der Waals surface area contributed by atoms with Crippen molar-refractivity contribution in [1.82, 2.24) is 0 Å². The Balaban J connectivity index is 3.44. The Morgan fingerprint density at radius 1 is 1.36 bits per heavy atom. The van der Waals surface area contributed by atoms with Crippen LogP contribution in [0, 0.1) is 0 Å². The van der Waals surface area contributed by atoms with Crippen molar-refractivity contribution >= 4 is 56.6 Å². The van der Waals surface area contributed by atoms with Crippen LogP contribution in [-0.4, -0.2) is 19.6 Å². The highest BCUT2D eigenvalue weighted by Gasteiger charge is 2.04. The monoisotopic (exact) mass is 226 g/mol. The Morgan fingerprint density at radius 3 is 2.27 bits per heavy atom. The molecular weight excluding hydrogens is 216 g/mol. The van der Waals surface area contributed by atoms with E-state index in [2.05, 4.69) is 0 Å². The predicted octanol–water partition coefficient (Wildman–Crippen LogP) is 1.33. The van der Waals surface area contributed by atoms with Crippen LogP contribution in [0.2, 0.25) is 0 Å². The van der Waals surface area contributed by atoms with Crippen LogP contribution < -0.4 is 11.5 Å². The molecule has 0 aliphatic heterocycles. The molecule has 0 spiro atoms. The molecule has 0 bridgehead atoms. The largest absolute Gasteiger partial charge is 0.385 e. The van der Waals surface area contributed by atoms with Gasteiger partial charge in [0.15, 0.2) is 0 Å². The first-order valence-electron chi connectivity index (χ1n) is 2.90. The Kier molecular flexibility index (Phi) is 6.31. The minimum atomic E-state index is 0.374. The summed E-state index contributed by atoms with van der Waals surface area (Å²) in [5.74, 6) is 0.858. The molecule has 0 saturated heterocycles. The van der Waals surface area contributed by atoms with E-state index in [-0.39, 0.29) is 0 Å². The van der Waals surface area contributed by atoms with Crippen LogP contribution in [-0.2, 0) is 0 Å². The summed E-state index contributed by atoms with van der Waals surface area (Å²) in [6.07, 6.45) is 0. The Morgan fingerprint density at radius 2 is 1.91 bits per heavy atom. The molecule has 0 saturated carbocycles. The minimum absolute atomic E-state index is 0.374. The van der Waals surface area contributed by atoms with Crippen molar-refractivity contribution in [3.8, 4) is 0 Å². The molecular formula is C5H10N2S4. The average molecular weight is 226 g/mol. The van der Waals surface area contributed by atoms with Gasteiger partial charge in [0.25, 0.3) is 0 Å². The van der Waals surface area contributed by atoms with Crippen molar-refractivity contribution in [3.05, 3.63) is 0 Å². The summed E-state index contributed by atoms with van der Waals surface area (Å²) in [4.78, 5) is 0. The molecule has 0 aromatic heterocycles. The van der Waals surface area contributed by atoms with Gasteiger partial charge in [-0.25, -0.2) is 0 Å². The molecule has 11 heavy (non-hydrogen) atoms. The first kappa shape index (κ1) is 11.5. The second-order valence-corrected chi connectivity index (χ2v) is 5.82. The van der Waals surface area contributed by atoms with Gasteiger partial charge in [-0.05, 0) is 0 Å². The van der Waals surface area contributed by atoms with Crippen LogP contribution in [0.15, 0.2) is 0 Å². The number of nitrogens with two attached hydrogens (primary N) is 2. The SMILES string of the molecule is CC(CSC(N)=S)SC(N)=S. The van der Waals surface area contributed by atoms with E-state index in [0.29, 0.717) is 13.9 Å². The van der Waals surface area contributed by atoms with Crippen LogP contribution in [0.4, 0.5) is 0 Å². The molecule has 0 aliphatic carbocycles. The number of hydrogen-bond acceptors (Lipinski definition) is 4. The maximum Gasteiger partial charge on any atom is 0.131 e. The van der Waals surface area contributed by atoms with Gasteiger partial charge in [0.05, 0.1) is 0 Å². The van der Waals surface area contributed by atoms with E-state index < -0.39 is 0 Å². The van der Waals surface area contributed by atoms with Gasteiger partial charge in [-0.2, -0.15) is 0 Å². The smallest absolute Gasteiger partial charge is 0.131 e. The van der Waals surface area contributed by atoms with E-state index in [1.165, 1.54) is 23.5 Å². The molecule has 0 heterocycles. The van der Waals surface area contributed by atoms with Gasteiger partial charge in [-0.3, -0.25) is 0 Å².